The van der Waals surface area contributed by atoms with Crippen LogP contribution in [-0.2, 0) is 23.9 Å². The summed E-state index contributed by atoms with van der Waals surface area (Å²) in [6, 6.07) is 0. The van der Waals surface area contributed by atoms with E-state index in [0.717, 1.165) is 38.5 Å². The van der Waals surface area contributed by atoms with E-state index in [-0.39, 0.29) is 25.2 Å². The van der Waals surface area contributed by atoms with Crippen LogP contribution in [0.25, 0.3) is 0 Å². The van der Waals surface area contributed by atoms with Crippen molar-refractivity contribution in [2.45, 2.75) is 129 Å². The molecule has 6 nitrogen and oxygen atoms in total. The molecule has 0 bridgehead atoms. The third-order valence-corrected chi connectivity index (χ3v) is 5.71. The Bertz CT molecular complexity index is 441. The molecule has 0 unspecified atom stereocenters. The molecule has 0 aliphatic rings. The van der Waals surface area contributed by atoms with Gasteiger partial charge in [-0.15, -0.1) is 0 Å². The van der Waals surface area contributed by atoms with Crippen LogP contribution in [0.5, 0.6) is 0 Å². The van der Waals surface area contributed by atoms with Gasteiger partial charge in [0.2, 0.25) is 0 Å². The van der Waals surface area contributed by atoms with Crippen LogP contribution in [0.2, 0.25) is 0 Å². The Morgan fingerprint density at radius 2 is 0.875 bits per heavy atom. The first-order valence-electron chi connectivity index (χ1n) is 13.0. The lowest BCUT2D eigenvalue weighted by Crippen LogP contribution is -2.27. The summed E-state index contributed by atoms with van der Waals surface area (Å²) in [6.07, 6.45) is 18.8. The van der Waals surface area contributed by atoms with Gasteiger partial charge in [0, 0.05) is 12.8 Å². The van der Waals surface area contributed by atoms with Crippen LogP contribution in [0.15, 0.2) is 0 Å². The summed E-state index contributed by atoms with van der Waals surface area (Å²) in [5, 5.41) is 9.29. The zero-order valence-electron chi connectivity index (χ0n) is 20.7. The van der Waals surface area contributed by atoms with Crippen LogP contribution in [0.1, 0.15) is 129 Å². The number of esters is 2. The van der Waals surface area contributed by atoms with Crippen molar-refractivity contribution in [1.82, 2.24) is 0 Å². The van der Waals surface area contributed by atoms with Crippen LogP contribution in [0.3, 0.4) is 0 Å². The van der Waals surface area contributed by atoms with Gasteiger partial charge in [-0.25, -0.2) is 0 Å². The number of carbonyl (C=O) groups is 3. The Morgan fingerprint density at radius 1 is 0.562 bits per heavy atom. The largest absolute Gasteiger partial charge is 0.481 e. The second kappa shape index (κ2) is 22.6. The van der Waals surface area contributed by atoms with Crippen molar-refractivity contribution in [3.8, 4) is 0 Å². The maximum atomic E-state index is 11.8. The number of unbranched alkanes of at least 4 members (excludes halogenated alkanes) is 14. The van der Waals surface area contributed by atoms with Crippen LogP contribution in [0.4, 0.5) is 0 Å². The summed E-state index contributed by atoms with van der Waals surface area (Å²) in [5.74, 6) is -2.90. The molecule has 0 aromatic heterocycles. The van der Waals surface area contributed by atoms with Gasteiger partial charge in [0.1, 0.15) is 19.1 Å². The third kappa shape index (κ3) is 20.3. The van der Waals surface area contributed by atoms with E-state index in [1.807, 2.05) is 0 Å². The van der Waals surface area contributed by atoms with Crippen LogP contribution in [-0.4, -0.2) is 36.2 Å². The Kier molecular flexibility index (Phi) is 21.5. The Hall–Kier alpha value is -1.59. The van der Waals surface area contributed by atoms with Gasteiger partial charge in [-0.1, -0.05) is 104 Å². The Balaban J connectivity index is 3.78. The van der Waals surface area contributed by atoms with E-state index in [9.17, 15) is 19.5 Å². The monoisotopic (exact) mass is 456 g/mol. The van der Waals surface area contributed by atoms with Crippen molar-refractivity contribution < 1.29 is 29.0 Å². The molecule has 0 radical (unpaired) electrons. The molecule has 0 spiro atoms. The van der Waals surface area contributed by atoms with Crippen LogP contribution < -0.4 is 0 Å². The van der Waals surface area contributed by atoms with E-state index in [2.05, 4.69) is 13.8 Å². The van der Waals surface area contributed by atoms with Gasteiger partial charge >= 0.3 is 17.9 Å². The van der Waals surface area contributed by atoms with Crippen LogP contribution in [0, 0.1) is 5.92 Å². The first kappa shape index (κ1) is 30.4. The molecular formula is C26H48O6. The quantitative estimate of drug-likeness (QED) is 0.134. The lowest BCUT2D eigenvalue weighted by Gasteiger charge is -2.13. The highest BCUT2D eigenvalue weighted by molar-refractivity contribution is 5.73. The summed E-state index contributed by atoms with van der Waals surface area (Å²) in [6.45, 7) is 3.89. The van der Waals surface area contributed by atoms with Gasteiger partial charge in [-0.05, 0) is 12.8 Å². The van der Waals surface area contributed by atoms with Crippen LogP contribution >= 0.6 is 0 Å². The minimum Gasteiger partial charge on any atom is -0.481 e. The van der Waals surface area contributed by atoms with Gasteiger partial charge < -0.3 is 14.6 Å². The highest BCUT2D eigenvalue weighted by atomic mass is 16.5. The van der Waals surface area contributed by atoms with Crippen molar-refractivity contribution in [3.05, 3.63) is 0 Å². The molecule has 188 valence electrons. The lowest BCUT2D eigenvalue weighted by atomic mass is 10.1. The van der Waals surface area contributed by atoms with Crippen molar-refractivity contribution >= 4 is 17.9 Å². The number of carbonyl (C=O) groups excluding carboxylic acids is 2. The zero-order chi connectivity index (χ0) is 23.9. The van der Waals surface area contributed by atoms with Crippen molar-refractivity contribution in [2.75, 3.05) is 13.2 Å². The van der Waals surface area contributed by atoms with Gasteiger partial charge in [-0.2, -0.15) is 0 Å². The number of ether oxygens (including phenoxy) is 2. The maximum absolute atomic E-state index is 11.8. The predicted octanol–water partition coefficient (Wildman–Crippen LogP) is 6.84. The normalized spacial score (nSPS) is 11.0. The zero-order valence-corrected chi connectivity index (χ0v) is 20.7. The minimum atomic E-state index is -1.12. The second-order valence-electron chi connectivity index (χ2n) is 8.85. The summed E-state index contributed by atoms with van der Waals surface area (Å²) in [7, 11) is 0. The summed E-state index contributed by atoms with van der Waals surface area (Å²) in [4.78, 5) is 35.0. The average Bonchev–Trinajstić information content (AvgIpc) is 2.77. The predicted molar refractivity (Wildman–Crippen MR) is 127 cm³/mol. The SMILES string of the molecule is CCCCCCCCCCC(=O)OCC(COC(=O)CCCCCCCCCC)C(=O)O. The molecule has 0 heterocycles. The Morgan fingerprint density at radius 3 is 1.19 bits per heavy atom. The molecule has 0 saturated heterocycles. The molecule has 0 amide bonds. The fourth-order valence-electron chi connectivity index (χ4n) is 3.53. The summed E-state index contributed by atoms with van der Waals surface area (Å²) in [5.41, 5.74) is 0. The number of hydrogen-bond donors (Lipinski definition) is 1. The molecule has 6 heteroatoms. The molecule has 0 saturated carbocycles. The van der Waals surface area contributed by atoms with E-state index in [4.69, 9.17) is 9.47 Å². The molecule has 0 atom stereocenters. The van der Waals surface area contributed by atoms with Crippen molar-refractivity contribution in [1.29, 1.82) is 0 Å². The third-order valence-electron chi connectivity index (χ3n) is 5.71. The number of carboxylic acid groups (broad SMARTS) is 1. The standard InChI is InChI=1S/C26H48O6/c1-3-5-7-9-11-13-15-17-19-24(27)31-21-23(26(29)30)22-32-25(28)20-18-16-14-12-10-8-6-4-2/h23H,3-22H2,1-2H3,(H,29,30). The fraction of sp³-hybridized carbons (Fsp3) is 0.885. The van der Waals surface area contributed by atoms with E-state index in [1.165, 1.54) is 64.2 Å². The number of aliphatic carboxylic acids is 1. The molecule has 0 aliphatic carbocycles. The van der Waals surface area contributed by atoms with Gasteiger partial charge in [0.05, 0.1) is 0 Å². The molecule has 0 fully saturated rings. The number of rotatable bonds is 23. The number of carboxylic acids is 1. The van der Waals surface area contributed by atoms with Crippen molar-refractivity contribution in [3.63, 3.8) is 0 Å². The topological polar surface area (TPSA) is 89.9 Å². The van der Waals surface area contributed by atoms with E-state index >= 15 is 0 Å². The van der Waals surface area contributed by atoms with Gasteiger partial charge in [-0.3, -0.25) is 14.4 Å². The molecule has 0 rings (SSSR count). The highest BCUT2D eigenvalue weighted by Gasteiger charge is 2.21. The summed E-state index contributed by atoms with van der Waals surface area (Å²) >= 11 is 0. The maximum Gasteiger partial charge on any atom is 0.313 e. The number of hydrogen-bond acceptors (Lipinski definition) is 5. The minimum absolute atomic E-state index is 0.254. The molecule has 1 N–H and O–H groups in total. The first-order chi connectivity index (χ1) is 15.5. The van der Waals surface area contributed by atoms with E-state index < -0.39 is 11.9 Å². The van der Waals surface area contributed by atoms with Crippen molar-refractivity contribution in [2.24, 2.45) is 5.92 Å². The van der Waals surface area contributed by atoms with E-state index in [1.54, 1.807) is 0 Å². The second-order valence-corrected chi connectivity index (χ2v) is 8.85. The highest BCUT2D eigenvalue weighted by Crippen LogP contribution is 2.12. The molecule has 32 heavy (non-hydrogen) atoms. The fourth-order valence-corrected chi connectivity index (χ4v) is 3.53. The molecular weight excluding hydrogens is 408 g/mol. The summed E-state index contributed by atoms with van der Waals surface area (Å²) < 4.78 is 10.2. The van der Waals surface area contributed by atoms with Gasteiger partial charge in [0.25, 0.3) is 0 Å². The Labute approximate surface area is 195 Å². The smallest absolute Gasteiger partial charge is 0.313 e. The lowest BCUT2D eigenvalue weighted by molar-refractivity contribution is -0.156. The average molecular weight is 457 g/mol. The van der Waals surface area contributed by atoms with Gasteiger partial charge in [0.15, 0.2) is 0 Å². The molecule has 0 aromatic rings. The molecule has 0 aliphatic heterocycles. The molecule has 0 aromatic carbocycles. The van der Waals surface area contributed by atoms with E-state index in [0.29, 0.717) is 12.8 Å². The first-order valence-corrected chi connectivity index (χ1v) is 13.0.